The van der Waals surface area contributed by atoms with Crippen molar-refractivity contribution in [2.24, 2.45) is 0 Å². The number of rotatable bonds is 5. The zero-order chi connectivity index (χ0) is 15.2. The van der Waals surface area contributed by atoms with Crippen LogP contribution in [-0.2, 0) is 9.53 Å². The van der Waals surface area contributed by atoms with E-state index in [2.05, 4.69) is 21.2 Å². The molecule has 1 fully saturated rings. The minimum Gasteiger partial charge on any atom is -0.378 e. The van der Waals surface area contributed by atoms with Crippen LogP contribution in [0.15, 0.2) is 22.7 Å². The zero-order valence-corrected chi connectivity index (χ0v) is 13.7. The van der Waals surface area contributed by atoms with E-state index in [4.69, 9.17) is 4.74 Å². The molecular formula is C15H20BrFN2O2. The second kappa shape index (κ2) is 7.87. The van der Waals surface area contributed by atoms with Gasteiger partial charge in [-0.1, -0.05) is 15.9 Å². The van der Waals surface area contributed by atoms with Crippen LogP contribution in [0.3, 0.4) is 0 Å². The Morgan fingerprint density at radius 2 is 2.19 bits per heavy atom. The topological polar surface area (TPSA) is 41.6 Å². The second-order valence-corrected chi connectivity index (χ2v) is 6.00. The fraction of sp³-hybridized carbons (Fsp3) is 0.533. The van der Waals surface area contributed by atoms with Gasteiger partial charge in [-0.25, -0.2) is 4.39 Å². The Bertz CT molecular complexity index is 493. The van der Waals surface area contributed by atoms with Crippen molar-refractivity contribution in [3.05, 3.63) is 34.1 Å². The van der Waals surface area contributed by atoms with Crippen molar-refractivity contribution in [2.75, 3.05) is 32.8 Å². The monoisotopic (exact) mass is 358 g/mol. The maximum absolute atomic E-state index is 13.7. The van der Waals surface area contributed by atoms with Crippen LogP contribution in [-0.4, -0.2) is 43.7 Å². The lowest BCUT2D eigenvalue weighted by Gasteiger charge is -2.27. The average molecular weight is 359 g/mol. The lowest BCUT2D eigenvalue weighted by atomic mass is 10.1. The van der Waals surface area contributed by atoms with Gasteiger partial charge in [-0.05, 0) is 25.1 Å². The first-order valence-corrected chi connectivity index (χ1v) is 7.91. The van der Waals surface area contributed by atoms with Crippen LogP contribution in [0, 0.1) is 5.82 Å². The fourth-order valence-electron chi connectivity index (χ4n) is 2.32. The summed E-state index contributed by atoms with van der Waals surface area (Å²) in [6, 6.07) is 4.74. The first-order valence-electron chi connectivity index (χ1n) is 7.12. The van der Waals surface area contributed by atoms with Gasteiger partial charge in [0.05, 0.1) is 13.2 Å². The van der Waals surface area contributed by atoms with Gasteiger partial charge < -0.3 is 15.0 Å². The molecule has 1 aliphatic rings. The number of carbonyl (C=O) groups excluding carboxylic acids is 1. The maximum atomic E-state index is 13.7. The summed E-state index contributed by atoms with van der Waals surface area (Å²) in [4.78, 5) is 13.8. The largest absolute Gasteiger partial charge is 0.378 e. The Kier molecular flexibility index (Phi) is 6.14. The molecule has 0 aliphatic carbocycles. The van der Waals surface area contributed by atoms with Crippen LogP contribution >= 0.6 is 15.9 Å². The standard InChI is InChI=1S/C15H20BrFN2O2/c1-11(13-10-12(16)2-3-14(13)17)18-5-4-15(20)19-6-8-21-9-7-19/h2-3,10-11,18H,4-9H2,1H3. The number of carbonyl (C=O) groups is 1. The van der Waals surface area contributed by atoms with E-state index in [1.165, 1.54) is 6.07 Å². The van der Waals surface area contributed by atoms with Crippen molar-refractivity contribution in [3.8, 4) is 0 Å². The molecule has 1 amide bonds. The van der Waals surface area contributed by atoms with E-state index in [-0.39, 0.29) is 17.8 Å². The third kappa shape index (κ3) is 4.76. The first kappa shape index (κ1) is 16.4. The highest BCUT2D eigenvalue weighted by molar-refractivity contribution is 9.10. The second-order valence-electron chi connectivity index (χ2n) is 5.08. The third-order valence-electron chi connectivity index (χ3n) is 3.58. The molecule has 116 valence electrons. The number of nitrogens with zero attached hydrogens (tertiary/aromatic N) is 1. The van der Waals surface area contributed by atoms with Crippen LogP contribution in [0.4, 0.5) is 4.39 Å². The smallest absolute Gasteiger partial charge is 0.224 e. The third-order valence-corrected chi connectivity index (χ3v) is 4.07. The summed E-state index contributed by atoms with van der Waals surface area (Å²) in [7, 11) is 0. The maximum Gasteiger partial charge on any atom is 0.224 e. The molecule has 1 N–H and O–H groups in total. The minimum atomic E-state index is -0.238. The van der Waals surface area contributed by atoms with Gasteiger partial charge in [-0.3, -0.25) is 4.79 Å². The number of hydrogen-bond acceptors (Lipinski definition) is 3. The number of ether oxygens (including phenoxy) is 1. The molecule has 1 heterocycles. The summed E-state index contributed by atoms with van der Waals surface area (Å²) in [5, 5.41) is 3.20. The molecule has 0 spiro atoms. The number of nitrogens with one attached hydrogen (secondary N) is 1. The van der Waals surface area contributed by atoms with Crippen LogP contribution < -0.4 is 5.32 Å². The van der Waals surface area contributed by atoms with Gasteiger partial charge >= 0.3 is 0 Å². The summed E-state index contributed by atoms with van der Waals surface area (Å²) >= 11 is 3.34. The zero-order valence-electron chi connectivity index (χ0n) is 12.1. The summed E-state index contributed by atoms with van der Waals surface area (Å²) < 4.78 is 19.8. The number of morpholine rings is 1. The first-order chi connectivity index (χ1) is 10.1. The molecule has 21 heavy (non-hydrogen) atoms. The predicted octanol–water partition coefficient (Wildman–Crippen LogP) is 2.49. The van der Waals surface area contributed by atoms with E-state index < -0.39 is 0 Å². The molecular weight excluding hydrogens is 339 g/mol. The van der Waals surface area contributed by atoms with Crippen molar-refractivity contribution >= 4 is 21.8 Å². The lowest BCUT2D eigenvalue weighted by molar-refractivity contribution is -0.135. The SMILES string of the molecule is CC(NCCC(=O)N1CCOCC1)c1cc(Br)ccc1F. The van der Waals surface area contributed by atoms with Crippen molar-refractivity contribution in [1.82, 2.24) is 10.2 Å². The van der Waals surface area contributed by atoms with Crippen LogP contribution in [0.5, 0.6) is 0 Å². The molecule has 0 aromatic heterocycles. The molecule has 1 atom stereocenters. The molecule has 2 rings (SSSR count). The van der Waals surface area contributed by atoms with Gasteiger partial charge in [0.2, 0.25) is 5.91 Å². The summed E-state index contributed by atoms with van der Waals surface area (Å²) in [5.74, 6) is -0.120. The summed E-state index contributed by atoms with van der Waals surface area (Å²) in [5.41, 5.74) is 0.600. The van der Waals surface area contributed by atoms with E-state index in [9.17, 15) is 9.18 Å². The van der Waals surface area contributed by atoms with Gasteiger partial charge in [0.25, 0.3) is 0 Å². The van der Waals surface area contributed by atoms with Crippen molar-refractivity contribution in [2.45, 2.75) is 19.4 Å². The van der Waals surface area contributed by atoms with E-state index in [0.717, 1.165) is 4.47 Å². The quantitative estimate of drug-likeness (QED) is 0.878. The lowest BCUT2D eigenvalue weighted by Crippen LogP contribution is -2.41. The van der Waals surface area contributed by atoms with E-state index in [1.54, 1.807) is 12.1 Å². The molecule has 1 unspecified atom stereocenters. The number of hydrogen-bond donors (Lipinski definition) is 1. The highest BCUT2D eigenvalue weighted by atomic mass is 79.9. The molecule has 0 saturated carbocycles. The van der Waals surface area contributed by atoms with Crippen LogP contribution in [0.2, 0.25) is 0 Å². The molecule has 1 aromatic rings. The van der Waals surface area contributed by atoms with Crippen LogP contribution in [0.1, 0.15) is 24.9 Å². The Labute approximate surface area is 132 Å². The highest BCUT2D eigenvalue weighted by Gasteiger charge is 2.17. The minimum absolute atomic E-state index is 0.118. The molecule has 1 saturated heterocycles. The molecule has 1 aromatic carbocycles. The van der Waals surface area contributed by atoms with Gasteiger partial charge in [0.1, 0.15) is 5.82 Å². The number of amides is 1. The molecule has 6 heteroatoms. The number of halogens is 2. The highest BCUT2D eigenvalue weighted by Crippen LogP contribution is 2.21. The Hall–Kier alpha value is -0.980. The van der Waals surface area contributed by atoms with Gasteiger partial charge in [-0.15, -0.1) is 0 Å². The van der Waals surface area contributed by atoms with Crippen molar-refractivity contribution < 1.29 is 13.9 Å². The van der Waals surface area contributed by atoms with Gasteiger partial charge in [0.15, 0.2) is 0 Å². The molecule has 4 nitrogen and oxygen atoms in total. The Balaban J connectivity index is 1.79. The fourth-order valence-corrected chi connectivity index (χ4v) is 2.70. The van der Waals surface area contributed by atoms with Crippen molar-refractivity contribution in [3.63, 3.8) is 0 Å². The van der Waals surface area contributed by atoms with E-state index >= 15 is 0 Å². The molecule has 0 bridgehead atoms. The predicted molar refractivity (Wildman–Crippen MR) is 82.5 cm³/mol. The Morgan fingerprint density at radius 1 is 1.48 bits per heavy atom. The molecule has 0 radical (unpaired) electrons. The normalized spacial score (nSPS) is 16.8. The summed E-state index contributed by atoms with van der Waals surface area (Å²) in [6.45, 7) is 4.97. The molecule has 1 aliphatic heterocycles. The average Bonchev–Trinajstić information content (AvgIpc) is 2.50. The van der Waals surface area contributed by atoms with Gasteiger partial charge in [0, 0.05) is 42.1 Å². The summed E-state index contributed by atoms with van der Waals surface area (Å²) in [6.07, 6.45) is 0.417. The number of benzene rings is 1. The van der Waals surface area contributed by atoms with Crippen molar-refractivity contribution in [1.29, 1.82) is 0 Å². The van der Waals surface area contributed by atoms with E-state index in [0.29, 0.717) is 44.8 Å². The van der Waals surface area contributed by atoms with Crippen LogP contribution in [0.25, 0.3) is 0 Å². The Morgan fingerprint density at radius 3 is 2.90 bits per heavy atom. The van der Waals surface area contributed by atoms with Gasteiger partial charge in [-0.2, -0.15) is 0 Å². The van der Waals surface area contributed by atoms with E-state index in [1.807, 2.05) is 11.8 Å².